The van der Waals surface area contributed by atoms with Gasteiger partial charge >= 0.3 is 0 Å². The number of carbonyl (C=O) groups is 1. The fraction of sp³-hybridized carbons (Fsp3) is 0.533. The van der Waals surface area contributed by atoms with Crippen LogP contribution in [0.25, 0.3) is 0 Å². The summed E-state index contributed by atoms with van der Waals surface area (Å²) in [5.74, 6) is 0.0629. The highest BCUT2D eigenvalue weighted by Gasteiger charge is 2.08. The molecule has 18 heavy (non-hydrogen) atoms. The van der Waals surface area contributed by atoms with Crippen LogP contribution in [0.2, 0.25) is 0 Å². The molecule has 3 heteroatoms. The maximum absolute atomic E-state index is 12.0. The van der Waals surface area contributed by atoms with E-state index in [-0.39, 0.29) is 5.91 Å². The van der Waals surface area contributed by atoms with Crippen molar-refractivity contribution in [2.24, 2.45) is 0 Å². The average Bonchev–Trinajstić information content (AvgIpc) is 2.42. The molecule has 1 amide bonds. The number of halogens is 1. The van der Waals surface area contributed by atoms with E-state index in [1.807, 2.05) is 24.3 Å². The average molecular weight is 312 g/mol. The number of nitrogens with one attached hydrogen (secondary N) is 1. The van der Waals surface area contributed by atoms with Gasteiger partial charge in [-0.2, -0.15) is 0 Å². The molecule has 0 aliphatic heterocycles. The van der Waals surface area contributed by atoms with Gasteiger partial charge in [0.25, 0.3) is 5.91 Å². The Morgan fingerprint density at radius 3 is 2.61 bits per heavy atom. The summed E-state index contributed by atoms with van der Waals surface area (Å²) in [6, 6.07) is 7.82. The Kier molecular flexibility index (Phi) is 7.74. The topological polar surface area (TPSA) is 29.1 Å². The molecule has 1 N–H and O–H groups in total. The molecule has 0 saturated carbocycles. The minimum Gasteiger partial charge on any atom is -0.352 e. The summed E-state index contributed by atoms with van der Waals surface area (Å²) in [5, 5.41) is 4.07. The molecule has 1 aromatic carbocycles. The van der Waals surface area contributed by atoms with E-state index in [1.165, 1.54) is 19.3 Å². The highest BCUT2D eigenvalue weighted by molar-refractivity contribution is 9.09. The van der Waals surface area contributed by atoms with Gasteiger partial charge in [-0.25, -0.2) is 0 Å². The van der Waals surface area contributed by atoms with Crippen molar-refractivity contribution in [3.63, 3.8) is 0 Å². The molecule has 100 valence electrons. The first-order valence-corrected chi connectivity index (χ1v) is 7.83. The molecule has 0 aliphatic rings. The van der Waals surface area contributed by atoms with Crippen LogP contribution in [0.15, 0.2) is 24.3 Å². The van der Waals surface area contributed by atoms with Gasteiger partial charge in [-0.05, 0) is 30.9 Å². The molecule has 0 spiro atoms. The minimum absolute atomic E-state index is 0.0629. The second kappa shape index (κ2) is 9.15. The van der Waals surface area contributed by atoms with Crippen LogP contribution in [0.1, 0.15) is 48.5 Å². The molecule has 0 heterocycles. The Hall–Kier alpha value is -0.830. The molecule has 2 nitrogen and oxygen atoms in total. The molecule has 0 unspecified atom stereocenters. The summed E-state index contributed by atoms with van der Waals surface area (Å²) in [6.45, 7) is 2.85. The van der Waals surface area contributed by atoms with Crippen molar-refractivity contribution in [3.8, 4) is 0 Å². The summed E-state index contributed by atoms with van der Waals surface area (Å²) in [6.07, 6.45) is 5.59. The second-order valence-corrected chi connectivity index (χ2v) is 5.16. The molecule has 0 aromatic heterocycles. The molecular weight excluding hydrogens is 290 g/mol. The number of hydrogen-bond acceptors (Lipinski definition) is 1. The zero-order chi connectivity index (χ0) is 13.2. The minimum atomic E-state index is 0.0629. The molecule has 1 aromatic rings. The number of benzene rings is 1. The van der Waals surface area contributed by atoms with Crippen molar-refractivity contribution in [2.75, 3.05) is 11.9 Å². The van der Waals surface area contributed by atoms with Gasteiger partial charge in [0.05, 0.1) is 0 Å². The van der Waals surface area contributed by atoms with Crippen LogP contribution in [0, 0.1) is 0 Å². The summed E-state index contributed by atoms with van der Waals surface area (Å²) in [7, 11) is 0. The van der Waals surface area contributed by atoms with Crippen molar-refractivity contribution in [1.82, 2.24) is 5.32 Å². The van der Waals surface area contributed by atoms with Gasteiger partial charge in [0.1, 0.15) is 0 Å². The Labute approximate surface area is 118 Å². The second-order valence-electron chi connectivity index (χ2n) is 4.37. The Morgan fingerprint density at radius 2 is 1.89 bits per heavy atom. The number of aryl methyl sites for hydroxylation is 1. The predicted octanol–water partition coefficient (Wildman–Crippen LogP) is 3.93. The number of hydrogen-bond donors (Lipinski definition) is 1. The van der Waals surface area contributed by atoms with Gasteiger partial charge in [-0.15, -0.1) is 0 Å². The fourth-order valence-electron chi connectivity index (χ4n) is 1.92. The van der Waals surface area contributed by atoms with E-state index in [0.717, 1.165) is 35.8 Å². The van der Waals surface area contributed by atoms with Gasteiger partial charge in [-0.1, -0.05) is 53.9 Å². The highest BCUT2D eigenvalue weighted by Crippen LogP contribution is 2.09. The summed E-state index contributed by atoms with van der Waals surface area (Å²) in [5.41, 5.74) is 1.94. The maximum Gasteiger partial charge on any atom is 0.251 e. The lowest BCUT2D eigenvalue weighted by Gasteiger charge is -2.08. The Balaban J connectivity index is 2.32. The SMILES string of the molecule is CCc1ccccc1C(=O)NCCCCCCBr. The number of amides is 1. The van der Waals surface area contributed by atoms with E-state index >= 15 is 0 Å². The first-order valence-electron chi connectivity index (χ1n) is 6.71. The van der Waals surface area contributed by atoms with Crippen molar-refractivity contribution in [2.45, 2.75) is 39.0 Å². The van der Waals surface area contributed by atoms with Crippen molar-refractivity contribution in [3.05, 3.63) is 35.4 Å². The van der Waals surface area contributed by atoms with E-state index < -0.39 is 0 Å². The normalized spacial score (nSPS) is 10.3. The molecule has 0 atom stereocenters. The van der Waals surface area contributed by atoms with Gasteiger partial charge in [0, 0.05) is 17.4 Å². The smallest absolute Gasteiger partial charge is 0.251 e. The van der Waals surface area contributed by atoms with Crippen LogP contribution >= 0.6 is 15.9 Å². The van der Waals surface area contributed by atoms with Crippen LogP contribution in [0.3, 0.4) is 0 Å². The van der Waals surface area contributed by atoms with Crippen molar-refractivity contribution >= 4 is 21.8 Å². The third kappa shape index (κ3) is 5.21. The van der Waals surface area contributed by atoms with E-state index in [1.54, 1.807) is 0 Å². The summed E-state index contributed by atoms with van der Waals surface area (Å²) < 4.78 is 0. The standard InChI is InChI=1S/C15H22BrNO/c1-2-13-9-5-6-10-14(13)15(18)17-12-8-4-3-7-11-16/h5-6,9-10H,2-4,7-8,11-12H2,1H3,(H,17,18). The monoisotopic (exact) mass is 311 g/mol. The molecule has 0 fully saturated rings. The molecule has 0 saturated heterocycles. The predicted molar refractivity (Wildman–Crippen MR) is 80.4 cm³/mol. The number of unbranched alkanes of at least 4 members (excludes halogenated alkanes) is 3. The quantitative estimate of drug-likeness (QED) is 0.572. The zero-order valence-electron chi connectivity index (χ0n) is 11.0. The van der Waals surface area contributed by atoms with Crippen LogP contribution in [-0.4, -0.2) is 17.8 Å². The summed E-state index contributed by atoms with van der Waals surface area (Å²) in [4.78, 5) is 12.0. The van der Waals surface area contributed by atoms with Crippen LogP contribution in [0.4, 0.5) is 0 Å². The zero-order valence-corrected chi connectivity index (χ0v) is 12.6. The first kappa shape index (κ1) is 15.2. The number of alkyl halides is 1. The van der Waals surface area contributed by atoms with Gasteiger partial charge in [0.15, 0.2) is 0 Å². The van der Waals surface area contributed by atoms with Gasteiger partial charge in [0.2, 0.25) is 0 Å². The summed E-state index contributed by atoms with van der Waals surface area (Å²) >= 11 is 3.42. The molecule has 0 aliphatic carbocycles. The lowest BCUT2D eigenvalue weighted by molar-refractivity contribution is 0.0952. The Bertz CT molecular complexity index is 365. The number of carbonyl (C=O) groups excluding carboxylic acids is 1. The maximum atomic E-state index is 12.0. The third-order valence-corrected chi connectivity index (χ3v) is 3.55. The highest BCUT2D eigenvalue weighted by atomic mass is 79.9. The fourth-order valence-corrected chi connectivity index (χ4v) is 2.32. The van der Waals surface area contributed by atoms with Gasteiger partial charge < -0.3 is 5.32 Å². The first-order chi connectivity index (χ1) is 8.79. The molecular formula is C15H22BrNO. The number of rotatable bonds is 8. The molecule has 0 bridgehead atoms. The van der Waals surface area contributed by atoms with E-state index in [2.05, 4.69) is 28.2 Å². The van der Waals surface area contributed by atoms with Crippen LogP contribution in [-0.2, 0) is 6.42 Å². The molecule has 1 rings (SSSR count). The largest absolute Gasteiger partial charge is 0.352 e. The van der Waals surface area contributed by atoms with Crippen molar-refractivity contribution < 1.29 is 4.79 Å². The van der Waals surface area contributed by atoms with Gasteiger partial charge in [-0.3, -0.25) is 4.79 Å². The van der Waals surface area contributed by atoms with E-state index in [0.29, 0.717) is 0 Å². The van der Waals surface area contributed by atoms with E-state index in [9.17, 15) is 4.79 Å². The van der Waals surface area contributed by atoms with Crippen LogP contribution < -0.4 is 5.32 Å². The lowest BCUT2D eigenvalue weighted by atomic mass is 10.0. The molecule has 0 radical (unpaired) electrons. The van der Waals surface area contributed by atoms with Crippen molar-refractivity contribution in [1.29, 1.82) is 0 Å². The Morgan fingerprint density at radius 1 is 1.17 bits per heavy atom. The third-order valence-electron chi connectivity index (χ3n) is 2.99. The van der Waals surface area contributed by atoms with Crippen LogP contribution in [0.5, 0.6) is 0 Å². The lowest BCUT2D eigenvalue weighted by Crippen LogP contribution is -2.25. The van der Waals surface area contributed by atoms with E-state index in [4.69, 9.17) is 0 Å².